The molecule has 0 spiro atoms. The highest BCUT2D eigenvalue weighted by Crippen LogP contribution is 2.26. The Kier molecular flexibility index (Phi) is 3.67. The van der Waals surface area contributed by atoms with E-state index in [1.165, 1.54) is 12.1 Å². The molecule has 0 fully saturated rings. The Labute approximate surface area is 95.4 Å². The van der Waals surface area contributed by atoms with Gasteiger partial charge in [0.25, 0.3) is 0 Å². The van der Waals surface area contributed by atoms with Gasteiger partial charge in [0.15, 0.2) is 11.6 Å². The molecule has 0 saturated heterocycles. The maximum absolute atomic E-state index is 13.1. The fourth-order valence-corrected chi connectivity index (χ4v) is 1.82. The second-order valence-corrected chi connectivity index (χ2v) is 4.53. The Hall–Kier alpha value is -0.410. The number of halogens is 3. The molecule has 0 radical (unpaired) electrons. The molecule has 0 bridgehead atoms. The van der Waals surface area contributed by atoms with Crippen LogP contribution in [0.15, 0.2) is 16.6 Å². The zero-order valence-corrected chi connectivity index (χ0v) is 10.1. The molecule has 14 heavy (non-hydrogen) atoms. The molecule has 4 heteroatoms. The van der Waals surface area contributed by atoms with Crippen LogP contribution in [0.25, 0.3) is 0 Å². The summed E-state index contributed by atoms with van der Waals surface area (Å²) in [5.74, 6) is -0.706. The van der Waals surface area contributed by atoms with E-state index >= 15 is 0 Å². The van der Waals surface area contributed by atoms with Gasteiger partial charge < -0.3 is 0 Å². The van der Waals surface area contributed by atoms with Crippen LogP contribution in [0.2, 0.25) is 5.02 Å². The van der Waals surface area contributed by atoms with Crippen LogP contribution in [0, 0.1) is 11.7 Å². The van der Waals surface area contributed by atoms with Gasteiger partial charge in [-0.05, 0) is 28.1 Å². The molecule has 1 aromatic carbocycles. The first-order valence-corrected chi connectivity index (χ1v) is 5.29. The number of carbonyl (C=O) groups is 1. The Morgan fingerprint density at radius 2 is 2.07 bits per heavy atom. The first-order valence-electron chi connectivity index (χ1n) is 4.12. The van der Waals surface area contributed by atoms with E-state index in [-0.39, 0.29) is 21.2 Å². The van der Waals surface area contributed by atoms with Gasteiger partial charge in [0.2, 0.25) is 0 Å². The summed E-state index contributed by atoms with van der Waals surface area (Å²) in [4.78, 5) is 11.6. The first-order chi connectivity index (χ1) is 6.43. The summed E-state index contributed by atoms with van der Waals surface area (Å²) in [6.07, 6.45) is 0. The van der Waals surface area contributed by atoms with E-state index < -0.39 is 5.82 Å². The fourth-order valence-electron chi connectivity index (χ4n) is 1.03. The van der Waals surface area contributed by atoms with E-state index in [1.807, 2.05) is 0 Å². The lowest BCUT2D eigenvalue weighted by Crippen LogP contribution is -2.07. The van der Waals surface area contributed by atoms with Gasteiger partial charge >= 0.3 is 0 Å². The van der Waals surface area contributed by atoms with Crippen molar-refractivity contribution in [2.24, 2.45) is 5.92 Å². The zero-order valence-electron chi connectivity index (χ0n) is 7.77. The quantitative estimate of drug-likeness (QED) is 0.589. The van der Waals surface area contributed by atoms with Crippen molar-refractivity contribution in [3.8, 4) is 0 Å². The summed E-state index contributed by atoms with van der Waals surface area (Å²) in [6, 6.07) is 2.80. The molecular weight excluding hydrogens is 270 g/mol. The molecule has 0 aliphatic rings. The van der Waals surface area contributed by atoms with E-state index in [2.05, 4.69) is 15.9 Å². The average Bonchev–Trinajstić information content (AvgIpc) is 2.12. The lowest BCUT2D eigenvalue weighted by Gasteiger charge is -2.06. The number of hydrogen-bond acceptors (Lipinski definition) is 1. The van der Waals surface area contributed by atoms with Crippen molar-refractivity contribution in [1.82, 2.24) is 0 Å². The number of hydrogen-bond donors (Lipinski definition) is 0. The standard InChI is InChI=1S/C10H9BrClFO/c1-5(2)10(14)6-3-7(11)9(13)8(12)4-6/h3-5H,1-2H3. The minimum absolute atomic E-state index is 0.0385. The molecule has 0 amide bonds. The molecule has 0 aliphatic heterocycles. The van der Waals surface area contributed by atoms with Crippen LogP contribution >= 0.6 is 27.5 Å². The smallest absolute Gasteiger partial charge is 0.165 e. The van der Waals surface area contributed by atoms with Crippen molar-refractivity contribution in [2.45, 2.75) is 13.8 Å². The number of rotatable bonds is 2. The van der Waals surface area contributed by atoms with E-state index in [4.69, 9.17) is 11.6 Å². The van der Waals surface area contributed by atoms with Crippen molar-refractivity contribution < 1.29 is 9.18 Å². The lowest BCUT2D eigenvalue weighted by atomic mass is 10.0. The highest BCUT2D eigenvalue weighted by Gasteiger charge is 2.14. The molecule has 76 valence electrons. The molecule has 0 aliphatic carbocycles. The summed E-state index contributed by atoms with van der Waals surface area (Å²) in [5, 5.41) is -0.0385. The van der Waals surface area contributed by atoms with Crippen LogP contribution in [0.1, 0.15) is 24.2 Å². The summed E-state index contributed by atoms with van der Waals surface area (Å²) in [6.45, 7) is 3.57. The average molecular weight is 280 g/mol. The van der Waals surface area contributed by atoms with Crippen molar-refractivity contribution >= 4 is 33.3 Å². The topological polar surface area (TPSA) is 17.1 Å². The third-order valence-corrected chi connectivity index (χ3v) is 2.64. The molecule has 0 saturated carbocycles. The third kappa shape index (κ3) is 2.34. The highest BCUT2D eigenvalue weighted by molar-refractivity contribution is 9.10. The Bertz CT molecular complexity index is 353. The summed E-state index contributed by atoms with van der Waals surface area (Å²) < 4.78 is 13.3. The van der Waals surface area contributed by atoms with Gasteiger partial charge in [-0.3, -0.25) is 4.79 Å². The zero-order chi connectivity index (χ0) is 10.9. The molecule has 0 unspecified atom stereocenters. The third-order valence-electron chi connectivity index (χ3n) is 1.79. The molecule has 1 nitrogen and oxygen atoms in total. The Morgan fingerprint density at radius 3 is 2.50 bits per heavy atom. The maximum atomic E-state index is 13.1. The van der Waals surface area contributed by atoms with Crippen LogP contribution < -0.4 is 0 Å². The summed E-state index contributed by atoms with van der Waals surface area (Å²) in [5.41, 5.74) is 0.429. The number of ketones is 1. The minimum atomic E-state index is -0.535. The van der Waals surface area contributed by atoms with E-state index in [1.54, 1.807) is 13.8 Å². The molecule has 1 aromatic rings. The molecule has 0 aromatic heterocycles. The molecule has 1 rings (SSSR count). The van der Waals surface area contributed by atoms with E-state index in [9.17, 15) is 9.18 Å². The van der Waals surface area contributed by atoms with Gasteiger partial charge in [-0.1, -0.05) is 25.4 Å². The predicted octanol–water partition coefficient (Wildman–Crippen LogP) is 4.08. The van der Waals surface area contributed by atoms with Crippen LogP contribution in [0.3, 0.4) is 0 Å². The highest BCUT2D eigenvalue weighted by atomic mass is 79.9. The first kappa shape index (κ1) is 11.7. The van der Waals surface area contributed by atoms with E-state index in [0.29, 0.717) is 5.56 Å². The molecule has 0 N–H and O–H groups in total. The SMILES string of the molecule is CC(C)C(=O)c1cc(Cl)c(F)c(Br)c1. The lowest BCUT2D eigenvalue weighted by molar-refractivity contribution is 0.0939. The number of benzene rings is 1. The van der Waals surface area contributed by atoms with Crippen LogP contribution in [-0.2, 0) is 0 Å². The van der Waals surface area contributed by atoms with Crippen molar-refractivity contribution in [1.29, 1.82) is 0 Å². The van der Waals surface area contributed by atoms with Gasteiger partial charge in [0.05, 0.1) is 9.50 Å². The van der Waals surface area contributed by atoms with Gasteiger partial charge in [-0.15, -0.1) is 0 Å². The molecular formula is C10H9BrClFO. The van der Waals surface area contributed by atoms with Crippen LogP contribution in [0.4, 0.5) is 4.39 Å². The van der Waals surface area contributed by atoms with Gasteiger partial charge in [0.1, 0.15) is 0 Å². The second kappa shape index (κ2) is 4.41. The second-order valence-electron chi connectivity index (χ2n) is 3.27. The van der Waals surface area contributed by atoms with Gasteiger partial charge in [-0.25, -0.2) is 4.39 Å². The molecule has 0 atom stereocenters. The van der Waals surface area contributed by atoms with Crippen LogP contribution in [0.5, 0.6) is 0 Å². The molecule has 0 heterocycles. The predicted molar refractivity (Wildman–Crippen MR) is 58.3 cm³/mol. The summed E-state index contributed by atoms with van der Waals surface area (Å²) >= 11 is 8.61. The van der Waals surface area contributed by atoms with Crippen molar-refractivity contribution in [3.63, 3.8) is 0 Å². The Morgan fingerprint density at radius 1 is 1.50 bits per heavy atom. The largest absolute Gasteiger partial charge is 0.294 e. The van der Waals surface area contributed by atoms with Crippen molar-refractivity contribution in [3.05, 3.63) is 33.0 Å². The van der Waals surface area contributed by atoms with Gasteiger partial charge in [-0.2, -0.15) is 0 Å². The number of carbonyl (C=O) groups excluding carboxylic acids is 1. The summed E-state index contributed by atoms with van der Waals surface area (Å²) in [7, 11) is 0. The Balaban J connectivity index is 3.19. The van der Waals surface area contributed by atoms with Crippen LogP contribution in [-0.4, -0.2) is 5.78 Å². The van der Waals surface area contributed by atoms with Gasteiger partial charge in [0, 0.05) is 11.5 Å². The normalized spacial score (nSPS) is 10.7. The fraction of sp³-hybridized carbons (Fsp3) is 0.300. The maximum Gasteiger partial charge on any atom is 0.165 e. The van der Waals surface area contributed by atoms with E-state index in [0.717, 1.165) is 0 Å². The minimum Gasteiger partial charge on any atom is -0.294 e. The monoisotopic (exact) mass is 278 g/mol. The number of Topliss-reactive ketones (excluding diaryl/α,β-unsaturated/α-hetero) is 1. The van der Waals surface area contributed by atoms with Crippen molar-refractivity contribution in [2.75, 3.05) is 0 Å².